The first kappa shape index (κ1) is 8.09. The molecule has 0 unspecified atom stereocenters. The molecule has 0 aliphatic carbocycles. The number of nitrogens with one attached hydrogen (secondary N) is 1. The first-order valence-electron chi connectivity index (χ1n) is 2.73. The van der Waals surface area contributed by atoms with Crippen LogP contribution in [0.4, 0.5) is 0 Å². The lowest BCUT2D eigenvalue weighted by Gasteiger charge is -1.98. The largest absolute Gasteiger partial charge is 0.289 e. The van der Waals surface area contributed by atoms with E-state index in [0.717, 1.165) is 0 Å². The first-order valence-corrected chi connectivity index (χ1v) is 3.52. The van der Waals surface area contributed by atoms with Crippen LogP contribution in [0.5, 0.6) is 0 Å². The molecule has 0 aliphatic heterocycles. The van der Waals surface area contributed by atoms with Crippen molar-refractivity contribution in [3.63, 3.8) is 0 Å². The number of nitrogens with zero attached hydrogens (tertiary/aromatic N) is 2. The molecule has 1 heterocycles. The zero-order chi connectivity index (χ0) is 8.27. The van der Waals surface area contributed by atoms with Crippen molar-refractivity contribution in [3.05, 3.63) is 22.7 Å². The summed E-state index contributed by atoms with van der Waals surface area (Å²) in [5.74, 6) is 4.42. The van der Waals surface area contributed by atoms with Gasteiger partial charge in [0.25, 0.3) is 5.91 Å². The molecule has 0 saturated heterocycles. The van der Waals surface area contributed by atoms with Gasteiger partial charge in [0.15, 0.2) is 5.69 Å². The van der Waals surface area contributed by atoms with Crippen LogP contribution < -0.4 is 11.3 Å². The Bertz CT molecular complexity index is 277. The van der Waals surface area contributed by atoms with Crippen LogP contribution in [0, 0.1) is 0 Å². The summed E-state index contributed by atoms with van der Waals surface area (Å²) in [5, 5.41) is 0. The number of carbonyl (C=O) groups excluding carboxylic acids is 1. The highest BCUT2D eigenvalue weighted by atomic mass is 79.9. The van der Waals surface area contributed by atoms with Crippen molar-refractivity contribution < 1.29 is 4.79 Å². The van der Waals surface area contributed by atoms with E-state index in [1.54, 1.807) is 0 Å². The molecule has 0 saturated carbocycles. The molecule has 5 nitrogen and oxygen atoms in total. The van der Waals surface area contributed by atoms with Crippen LogP contribution in [0.2, 0.25) is 0 Å². The van der Waals surface area contributed by atoms with Gasteiger partial charge < -0.3 is 0 Å². The molecule has 1 amide bonds. The molecular formula is C5H5BrN4O. The number of amides is 1. The highest BCUT2D eigenvalue weighted by Gasteiger charge is 2.09. The fraction of sp³-hybridized carbons (Fsp3) is 0. The number of aromatic nitrogens is 2. The number of nitrogens with two attached hydrogens (primary N) is 1. The molecule has 0 aliphatic rings. The number of rotatable bonds is 1. The van der Waals surface area contributed by atoms with Crippen LogP contribution in [0.3, 0.4) is 0 Å². The summed E-state index contributed by atoms with van der Waals surface area (Å²) in [5.41, 5.74) is 2.13. The van der Waals surface area contributed by atoms with Gasteiger partial charge in [-0.05, 0) is 15.9 Å². The van der Waals surface area contributed by atoms with Crippen LogP contribution in [0.25, 0.3) is 0 Å². The van der Waals surface area contributed by atoms with E-state index in [1.165, 1.54) is 12.4 Å². The quantitative estimate of drug-likeness (QED) is 0.389. The van der Waals surface area contributed by atoms with E-state index in [9.17, 15) is 4.79 Å². The number of hydrazine groups is 1. The third kappa shape index (κ3) is 1.72. The van der Waals surface area contributed by atoms with E-state index in [-0.39, 0.29) is 5.69 Å². The number of hydrogen-bond acceptors (Lipinski definition) is 4. The van der Waals surface area contributed by atoms with Gasteiger partial charge in [0.1, 0.15) is 4.60 Å². The van der Waals surface area contributed by atoms with E-state index >= 15 is 0 Å². The maximum absolute atomic E-state index is 10.9. The molecule has 1 aromatic rings. The van der Waals surface area contributed by atoms with Gasteiger partial charge in [-0.1, -0.05) is 0 Å². The normalized spacial score (nSPS) is 9.27. The predicted molar refractivity (Wildman–Crippen MR) is 41.4 cm³/mol. The van der Waals surface area contributed by atoms with Gasteiger partial charge >= 0.3 is 0 Å². The maximum atomic E-state index is 10.9. The summed E-state index contributed by atoms with van der Waals surface area (Å²) in [6.07, 6.45) is 2.88. The Hall–Kier alpha value is -1.01. The fourth-order valence-electron chi connectivity index (χ4n) is 0.542. The van der Waals surface area contributed by atoms with E-state index in [0.29, 0.717) is 4.60 Å². The molecule has 1 aromatic heterocycles. The Morgan fingerprint density at radius 3 is 2.73 bits per heavy atom. The molecule has 6 heteroatoms. The van der Waals surface area contributed by atoms with Gasteiger partial charge in [-0.3, -0.25) is 10.2 Å². The van der Waals surface area contributed by atoms with Crippen molar-refractivity contribution in [2.24, 2.45) is 5.84 Å². The van der Waals surface area contributed by atoms with Crippen molar-refractivity contribution in [3.8, 4) is 0 Å². The summed E-state index contributed by atoms with van der Waals surface area (Å²) < 4.78 is 0.378. The third-order valence-electron chi connectivity index (χ3n) is 1.000. The van der Waals surface area contributed by atoms with Crippen LogP contribution in [0.1, 0.15) is 10.5 Å². The van der Waals surface area contributed by atoms with Crippen LogP contribution in [-0.2, 0) is 0 Å². The standard InChI is InChI=1S/C5H5BrN4O/c6-4-3(5(11)10-7)8-1-2-9-4/h1-2H,7H2,(H,10,11). The Morgan fingerprint density at radius 2 is 2.18 bits per heavy atom. The van der Waals surface area contributed by atoms with Gasteiger partial charge in [-0.2, -0.15) is 0 Å². The lowest BCUT2D eigenvalue weighted by atomic mass is 10.4. The second-order valence-corrected chi connectivity index (χ2v) is 2.42. The fourth-order valence-corrected chi connectivity index (χ4v) is 0.942. The van der Waals surface area contributed by atoms with Crippen molar-refractivity contribution in [1.29, 1.82) is 0 Å². The molecule has 3 N–H and O–H groups in total. The molecule has 0 bridgehead atoms. The molecular weight excluding hydrogens is 212 g/mol. The zero-order valence-electron chi connectivity index (χ0n) is 5.41. The van der Waals surface area contributed by atoms with E-state index in [2.05, 4.69) is 25.9 Å². The molecule has 0 atom stereocenters. The summed E-state index contributed by atoms with van der Waals surface area (Å²) in [4.78, 5) is 18.4. The van der Waals surface area contributed by atoms with Crippen molar-refractivity contribution in [2.75, 3.05) is 0 Å². The SMILES string of the molecule is NNC(=O)c1nccnc1Br. The lowest BCUT2D eigenvalue weighted by molar-refractivity contribution is 0.0947. The Balaban J connectivity index is 3.03. The molecule has 0 aromatic carbocycles. The average Bonchev–Trinajstić information content (AvgIpc) is 2.04. The molecule has 11 heavy (non-hydrogen) atoms. The third-order valence-corrected chi connectivity index (χ3v) is 1.58. The number of carbonyl (C=O) groups is 1. The maximum Gasteiger partial charge on any atom is 0.286 e. The van der Waals surface area contributed by atoms with Crippen LogP contribution in [-0.4, -0.2) is 15.9 Å². The minimum atomic E-state index is -0.468. The van der Waals surface area contributed by atoms with E-state index in [1.807, 2.05) is 5.43 Å². The molecule has 1 rings (SSSR count). The minimum absolute atomic E-state index is 0.176. The number of nitrogen functional groups attached to an aromatic ring is 1. The molecule has 0 radical (unpaired) electrons. The van der Waals surface area contributed by atoms with Crippen LogP contribution in [0.15, 0.2) is 17.0 Å². The Labute approximate surface area is 71.1 Å². The highest BCUT2D eigenvalue weighted by Crippen LogP contribution is 2.08. The van der Waals surface area contributed by atoms with Crippen molar-refractivity contribution in [2.45, 2.75) is 0 Å². The molecule has 0 spiro atoms. The first-order chi connectivity index (χ1) is 5.25. The topological polar surface area (TPSA) is 80.9 Å². The second kappa shape index (κ2) is 3.40. The van der Waals surface area contributed by atoms with Gasteiger partial charge in [-0.25, -0.2) is 15.8 Å². The monoisotopic (exact) mass is 216 g/mol. The Morgan fingerprint density at radius 1 is 1.55 bits per heavy atom. The second-order valence-electron chi connectivity index (χ2n) is 1.67. The smallest absolute Gasteiger partial charge is 0.286 e. The van der Waals surface area contributed by atoms with Crippen molar-refractivity contribution in [1.82, 2.24) is 15.4 Å². The molecule has 0 fully saturated rings. The Kier molecular flexibility index (Phi) is 2.50. The lowest BCUT2D eigenvalue weighted by Crippen LogP contribution is -2.31. The van der Waals surface area contributed by atoms with Gasteiger partial charge in [-0.15, -0.1) is 0 Å². The summed E-state index contributed by atoms with van der Waals surface area (Å²) in [6, 6.07) is 0. The van der Waals surface area contributed by atoms with Crippen LogP contribution >= 0.6 is 15.9 Å². The highest BCUT2D eigenvalue weighted by molar-refractivity contribution is 9.10. The number of hydrogen-bond donors (Lipinski definition) is 2. The summed E-state index contributed by atoms with van der Waals surface area (Å²) in [7, 11) is 0. The minimum Gasteiger partial charge on any atom is -0.289 e. The van der Waals surface area contributed by atoms with E-state index < -0.39 is 5.91 Å². The summed E-state index contributed by atoms with van der Waals surface area (Å²) >= 11 is 3.05. The van der Waals surface area contributed by atoms with Gasteiger partial charge in [0.05, 0.1) is 0 Å². The van der Waals surface area contributed by atoms with E-state index in [4.69, 9.17) is 5.84 Å². The van der Waals surface area contributed by atoms with Gasteiger partial charge in [0.2, 0.25) is 0 Å². The molecule has 58 valence electrons. The average molecular weight is 217 g/mol. The zero-order valence-corrected chi connectivity index (χ0v) is 7.00. The predicted octanol–water partition coefficient (Wildman–Crippen LogP) is -0.157. The number of halogens is 1. The van der Waals surface area contributed by atoms with Gasteiger partial charge in [0, 0.05) is 12.4 Å². The summed E-state index contributed by atoms with van der Waals surface area (Å²) in [6.45, 7) is 0. The van der Waals surface area contributed by atoms with Crippen molar-refractivity contribution >= 4 is 21.8 Å².